The van der Waals surface area contributed by atoms with Crippen molar-refractivity contribution in [2.24, 2.45) is 16.8 Å². The highest BCUT2D eigenvalue weighted by Gasteiger charge is 2.33. The standard InChI is InChI=1S/C14H23NO2/c1-6-8-11(7-2)10(3)12(16)13-15-14(4,5)9-17-13/h7,10-11H,2,6,8-9H2,1,3-5H3/t10-,11+/m1/s1. The summed E-state index contributed by atoms with van der Waals surface area (Å²) >= 11 is 0. The first kappa shape index (κ1) is 13.9. The minimum atomic E-state index is -0.265. The maximum Gasteiger partial charge on any atom is 0.254 e. The van der Waals surface area contributed by atoms with Gasteiger partial charge in [-0.3, -0.25) is 4.79 Å². The smallest absolute Gasteiger partial charge is 0.254 e. The molecule has 0 spiro atoms. The Kier molecular flexibility index (Phi) is 4.49. The minimum absolute atomic E-state index is 0.00826. The van der Waals surface area contributed by atoms with Crippen molar-refractivity contribution >= 4 is 11.7 Å². The zero-order valence-corrected chi connectivity index (χ0v) is 11.3. The molecule has 0 aliphatic carbocycles. The molecule has 0 amide bonds. The average molecular weight is 237 g/mol. The van der Waals surface area contributed by atoms with Crippen molar-refractivity contribution in [1.29, 1.82) is 0 Å². The van der Waals surface area contributed by atoms with Crippen LogP contribution in [0.2, 0.25) is 0 Å². The molecule has 0 aromatic rings. The van der Waals surface area contributed by atoms with Crippen molar-refractivity contribution in [2.75, 3.05) is 6.61 Å². The summed E-state index contributed by atoms with van der Waals surface area (Å²) in [6, 6.07) is 0. The van der Waals surface area contributed by atoms with Crippen LogP contribution in [-0.4, -0.2) is 23.8 Å². The van der Waals surface area contributed by atoms with E-state index in [1.807, 2.05) is 26.8 Å². The summed E-state index contributed by atoms with van der Waals surface area (Å²) in [5.41, 5.74) is -0.265. The third kappa shape index (κ3) is 3.42. The van der Waals surface area contributed by atoms with Crippen LogP contribution in [-0.2, 0) is 9.53 Å². The summed E-state index contributed by atoms with van der Waals surface area (Å²) in [5, 5.41) is 0. The van der Waals surface area contributed by atoms with Crippen molar-refractivity contribution in [1.82, 2.24) is 0 Å². The SMILES string of the molecule is C=C[C@@H](CCC)[C@@H](C)C(=O)C1=NC(C)(C)CO1. The molecule has 0 unspecified atom stereocenters. The zero-order chi connectivity index (χ0) is 13.1. The van der Waals surface area contributed by atoms with Gasteiger partial charge in [0.1, 0.15) is 6.61 Å². The highest BCUT2D eigenvalue weighted by Crippen LogP contribution is 2.24. The molecule has 2 atom stereocenters. The van der Waals surface area contributed by atoms with Crippen molar-refractivity contribution in [3.8, 4) is 0 Å². The van der Waals surface area contributed by atoms with Gasteiger partial charge in [0.2, 0.25) is 5.78 Å². The molecule has 3 nitrogen and oxygen atoms in total. The van der Waals surface area contributed by atoms with Gasteiger partial charge in [-0.25, -0.2) is 4.99 Å². The predicted octanol–water partition coefficient (Wildman–Crippen LogP) is 3.00. The first-order valence-electron chi connectivity index (χ1n) is 6.30. The maximum absolute atomic E-state index is 12.2. The predicted molar refractivity (Wildman–Crippen MR) is 70.2 cm³/mol. The molecule has 1 aliphatic rings. The number of hydrogen-bond donors (Lipinski definition) is 0. The Morgan fingerprint density at radius 1 is 1.65 bits per heavy atom. The third-order valence-corrected chi connectivity index (χ3v) is 3.16. The highest BCUT2D eigenvalue weighted by molar-refractivity contribution is 6.37. The zero-order valence-electron chi connectivity index (χ0n) is 11.3. The van der Waals surface area contributed by atoms with Gasteiger partial charge in [0.15, 0.2) is 0 Å². The van der Waals surface area contributed by atoms with Gasteiger partial charge in [-0.1, -0.05) is 26.3 Å². The lowest BCUT2D eigenvalue weighted by atomic mass is 9.87. The monoisotopic (exact) mass is 237 g/mol. The Hall–Kier alpha value is -1.12. The quantitative estimate of drug-likeness (QED) is 0.666. The summed E-state index contributed by atoms with van der Waals surface area (Å²) in [6.45, 7) is 12.3. The van der Waals surface area contributed by atoms with E-state index < -0.39 is 0 Å². The van der Waals surface area contributed by atoms with Gasteiger partial charge < -0.3 is 4.74 Å². The molecule has 0 aromatic heterocycles. The van der Waals surface area contributed by atoms with Crippen LogP contribution in [0.4, 0.5) is 0 Å². The molecule has 17 heavy (non-hydrogen) atoms. The largest absolute Gasteiger partial charge is 0.473 e. The number of carbonyl (C=O) groups excluding carboxylic acids is 1. The van der Waals surface area contributed by atoms with E-state index >= 15 is 0 Å². The van der Waals surface area contributed by atoms with Gasteiger partial charge in [0.25, 0.3) is 5.90 Å². The molecule has 0 saturated carbocycles. The topological polar surface area (TPSA) is 38.7 Å². The van der Waals surface area contributed by atoms with E-state index in [0.29, 0.717) is 12.5 Å². The molecule has 1 heterocycles. The summed E-state index contributed by atoms with van der Waals surface area (Å²) in [4.78, 5) is 16.5. The third-order valence-electron chi connectivity index (χ3n) is 3.16. The van der Waals surface area contributed by atoms with Gasteiger partial charge in [-0.2, -0.15) is 0 Å². The molecular formula is C14H23NO2. The normalized spacial score (nSPS) is 21.3. The van der Waals surface area contributed by atoms with Crippen LogP contribution in [0.5, 0.6) is 0 Å². The number of hydrogen-bond acceptors (Lipinski definition) is 3. The van der Waals surface area contributed by atoms with Crippen molar-refractivity contribution in [3.05, 3.63) is 12.7 Å². The Morgan fingerprint density at radius 3 is 2.71 bits per heavy atom. The Labute approximate surface area is 104 Å². The number of ketones is 1. The van der Waals surface area contributed by atoms with Crippen LogP contribution in [0.1, 0.15) is 40.5 Å². The van der Waals surface area contributed by atoms with E-state index in [9.17, 15) is 4.79 Å². The van der Waals surface area contributed by atoms with Crippen LogP contribution in [0.15, 0.2) is 17.6 Å². The number of allylic oxidation sites excluding steroid dienone is 1. The summed E-state index contributed by atoms with van der Waals surface area (Å²) < 4.78 is 5.39. The molecule has 1 rings (SSSR count). The van der Waals surface area contributed by atoms with Crippen molar-refractivity contribution < 1.29 is 9.53 Å². The van der Waals surface area contributed by atoms with Gasteiger partial charge >= 0.3 is 0 Å². The first-order valence-corrected chi connectivity index (χ1v) is 6.30. The molecule has 0 aromatic carbocycles. The van der Waals surface area contributed by atoms with Gasteiger partial charge in [0, 0.05) is 5.92 Å². The second-order valence-electron chi connectivity index (χ2n) is 5.36. The van der Waals surface area contributed by atoms with Crippen LogP contribution < -0.4 is 0 Å². The molecule has 0 radical (unpaired) electrons. The second kappa shape index (κ2) is 5.48. The van der Waals surface area contributed by atoms with E-state index in [-0.39, 0.29) is 23.2 Å². The molecule has 96 valence electrons. The van der Waals surface area contributed by atoms with E-state index in [1.54, 1.807) is 0 Å². The molecule has 0 fully saturated rings. The number of carbonyl (C=O) groups is 1. The number of ether oxygens (including phenoxy) is 1. The molecular weight excluding hydrogens is 214 g/mol. The highest BCUT2D eigenvalue weighted by atomic mass is 16.5. The second-order valence-corrected chi connectivity index (χ2v) is 5.36. The lowest BCUT2D eigenvalue weighted by Gasteiger charge is -2.18. The fraction of sp³-hybridized carbons (Fsp3) is 0.714. The van der Waals surface area contributed by atoms with Crippen LogP contribution in [0.25, 0.3) is 0 Å². The fourth-order valence-corrected chi connectivity index (χ4v) is 2.01. The number of Topliss-reactive ketones (excluding diaryl/α,β-unsaturated/α-hetero) is 1. The fourth-order valence-electron chi connectivity index (χ4n) is 2.01. The number of aliphatic imine (C=N–C) groups is 1. The lowest BCUT2D eigenvalue weighted by Crippen LogP contribution is -2.27. The van der Waals surface area contributed by atoms with E-state index in [0.717, 1.165) is 12.8 Å². The average Bonchev–Trinajstić information content (AvgIpc) is 2.64. The van der Waals surface area contributed by atoms with Crippen molar-refractivity contribution in [3.63, 3.8) is 0 Å². The molecule has 0 N–H and O–H groups in total. The van der Waals surface area contributed by atoms with E-state index in [2.05, 4.69) is 18.5 Å². The lowest BCUT2D eigenvalue weighted by molar-refractivity contribution is -0.118. The van der Waals surface area contributed by atoms with Gasteiger partial charge in [-0.15, -0.1) is 6.58 Å². The van der Waals surface area contributed by atoms with Gasteiger partial charge in [-0.05, 0) is 26.2 Å². The number of rotatable bonds is 6. The molecule has 0 bridgehead atoms. The van der Waals surface area contributed by atoms with E-state index in [1.165, 1.54) is 0 Å². The van der Waals surface area contributed by atoms with E-state index in [4.69, 9.17) is 4.74 Å². The minimum Gasteiger partial charge on any atom is -0.473 e. The Balaban J connectivity index is 2.73. The number of nitrogens with zero attached hydrogens (tertiary/aromatic N) is 1. The van der Waals surface area contributed by atoms with Gasteiger partial charge in [0.05, 0.1) is 5.54 Å². The summed E-state index contributed by atoms with van der Waals surface area (Å²) in [6.07, 6.45) is 3.90. The maximum atomic E-state index is 12.2. The molecule has 3 heteroatoms. The van der Waals surface area contributed by atoms with Crippen molar-refractivity contribution in [2.45, 2.75) is 46.1 Å². The first-order chi connectivity index (χ1) is 7.91. The summed E-state index contributed by atoms with van der Waals surface area (Å²) in [7, 11) is 0. The molecule has 1 aliphatic heterocycles. The summed E-state index contributed by atoms with van der Waals surface area (Å²) in [5.74, 6) is 0.419. The Morgan fingerprint density at radius 2 is 2.29 bits per heavy atom. The van der Waals surface area contributed by atoms with Crippen LogP contribution in [0.3, 0.4) is 0 Å². The Bertz CT molecular complexity index is 331. The van der Waals surface area contributed by atoms with Crippen LogP contribution >= 0.6 is 0 Å². The van der Waals surface area contributed by atoms with Crippen LogP contribution in [0, 0.1) is 11.8 Å². The molecule has 0 saturated heterocycles.